The molecule has 1 aliphatic heterocycles. The number of para-hydroxylation sites is 1. The molecule has 18 heavy (non-hydrogen) atoms. The zero-order valence-corrected chi connectivity index (χ0v) is 11.3. The second kappa shape index (κ2) is 5.31. The number of piperidine rings is 1. The van der Waals surface area contributed by atoms with Gasteiger partial charge in [0.2, 0.25) is 0 Å². The summed E-state index contributed by atoms with van der Waals surface area (Å²) >= 11 is 0. The van der Waals surface area contributed by atoms with Gasteiger partial charge in [-0.15, -0.1) is 0 Å². The average molecular weight is 245 g/mol. The molecular weight excluding hydrogens is 222 g/mol. The number of nitrogens with zero attached hydrogens (tertiary/aromatic N) is 1. The van der Waals surface area contributed by atoms with Crippen molar-refractivity contribution in [2.45, 2.75) is 44.1 Å². The summed E-state index contributed by atoms with van der Waals surface area (Å²) in [7, 11) is 1.84. The van der Waals surface area contributed by atoms with Crippen molar-refractivity contribution < 1.29 is 4.74 Å². The molecule has 0 aromatic heterocycles. The number of methoxy groups -OCH3 is 1. The van der Waals surface area contributed by atoms with E-state index in [1.165, 1.54) is 44.3 Å². The van der Waals surface area contributed by atoms with E-state index in [4.69, 9.17) is 4.74 Å². The van der Waals surface area contributed by atoms with E-state index < -0.39 is 0 Å². The molecule has 0 amide bonds. The van der Waals surface area contributed by atoms with Crippen LogP contribution in [0.4, 0.5) is 5.69 Å². The van der Waals surface area contributed by atoms with Crippen LogP contribution in [0.25, 0.3) is 0 Å². The Morgan fingerprint density at radius 3 is 2.67 bits per heavy atom. The van der Waals surface area contributed by atoms with Crippen molar-refractivity contribution >= 4 is 5.69 Å². The van der Waals surface area contributed by atoms with Gasteiger partial charge >= 0.3 is 0 Å². The van der Waals surface area contributed by atoms with Gasteiger partial charge in [0.15, 0.2) is 0 Å². The van der Waals surface area contributed by atoms with Crippen LogP contribution in [0.15, 0.2) is 24.3 Å². The number of ether oxygens (including phenoxy) is 1. The van der Waals surface area contributed by atoms with Gasteiger partial charge in [-0.3, -0.25) is 0 Å². The summed E-state index contributed by atoms with van der Waals surface area (Å²) in [5, 5.41) is 0. The molecule has 2 aliphatic rings. The number of hydrogen-bond acceptors (Lipinski definition) is 2. The van der Waals surface area contributed by atoms with E-state index in [9.17, 15) is 0 Å². The third-order valence-corrected chi connectivity index (χ3v) is 4.53. The van der Waals surface area contributed by atoms with Crippen LogP contribution in [0.1, 0.15) is 43.6 Å². The quantitative estimate of drug-likeness (QED) is 0.807. The number of hydrogen-bond donors (Lipinski definition) is 0. The van der Waals surface area contributed by atoms with E-state index in [2.05, 4.69) is 29.2 Å². The molecule has 98 valence electrons. The monoisotopic (exact) mass is 245 g/mol. The smallest absolute Gasteiger partial charge is 0.0746 e. The first kappa shape index (κ1) is 12.0. The molecule has 2 heteroatoms. The lowest BCUT2D eigenvalue weighted by atomic mass is 9.79. The zero-order valence-electron chi connectivity index (χ0n) is 11.3. The van der Waals surface area contributed by atoms with Crippen molar-refractivity contribution in [3.05, 3.63) is 29.8 Å². The third-order valence-electron chi connectivity index (χ3n) is 4.53. The van der Waals surface area contributed by atoms with Gasteiger partial charge in [-0.05, 0) is 43.2 Å². The Kier molecular flexibility index (Phi) is 3.55. The van der Waals surface area contributed by atoms with Crippen molar-refractivity contribution in [2.75, 3.05) is 25.1 Å². The van der Waals surface area contributed by atoms with Gasteiger partial charge in [0.25, 0.3) is 0 Å². The van der Waals surface area contributed by atoms with Crippen LogP contribution < -0.4 is 4.90 Å². The Morgan fingerprint density at radius 1 is 1.11 bits per heavy atom. The summed E-state index contributed by atoms with van der Waals surface area (Å²) in [5.74, 6) is 0.809. The molecule has 3 rings (SSSR count). The molecule has 1 aromatic rings. The highest BCUT2D eigenvalue weighted by atomic mass is 16.5. The second-order valence-electron chi connectivity index (χ2n) is 5.63. The number of rotatable bonds is 3. The van der Waals surface area contributed by atoms with Gasteiger partial charge in [-0.25, -0.2) is 0 Å². The molecule has 1 saturated heterocycles. The van der Waals surface area contributed by atoms with E-state index in [-0.39, 0.29) is 0 Å². The van der Waals surface area contributed by atoms with E-state index in [0.29, 0.717) is 6.10 Å². The van der Waals surface area contributed by atoms with Crippen molar-refractivity contribution in [3.8, 4) is 0 Å². The fourth-order valence-corrected chi connectivity index (χ4v) is 3.19. The molecule has 1 aromatic carbocycles. The summed E-state index contributed by atoms with van der Waals surface area (Å²) in [4.78, 5) is 2.53. The Balaban J connectivity index is 1.82. The largest absolute Gasteiger partial charge is 0.380 e. The molecule has 1 saturated carbocycles. The van der Waals surface area contributed by atoms with Crippen LogP contribution in [0, 0.1) is 0 Å². The maximum atomic E-state index is 5.54. The molecule has 1 unspecified atom stereocenters. The minimum absolute atomic E-state index is 0.410. The van der Waals surface area contributed by atoms with Gasteiger partial charge in [0, 0.05) is 25.9 Å². The highest BCUT2D eigenvalue weighted by molar-refractivity contribution is 5.56. The molecule has 2 fully saturated rings. The van der Waals surface area contributed by atoms with E-state index in [1.807, 2.05) is 7.11 Å². The van der Waals surface area contributed by atoms with Crippen molar-refractivity contribution in [3.63, 3.8) is 0 Å². The first-order valence-electron chi connectivity index (χ1n) is 7.25. The lowest BCUT2D eigenvalue weighted by molar-refractivity contribution is 0.0892. The van der Waals surface area contributed by atoms with Gasteiger partial charge in [-0.2, -0.15) is 0 Å². The minimum Gasteiger partial charge on any atom is -0.380 e. The van der Waals surface area contributed by atoms with Gasteiger partial charge in [0.05, 0.1) is 6.10 Å². The molecule has 0 spiro atoms. The lowest BCUT2D eigenvalue weighted by Gasteiger charge is -2.37. The van der Waals surface area contributed by atoms with Gasteiger partial charge in [0.1, 0.15) is 0 Å². The Labute approximate surface area is 110 Å². The standard InChI is InChI=1S/C16H23NO/c1-18-14-8-5-11-17(12-14)16-10-3-2-9-15(16)13-6-4-7-13/h2-3,9-10,13-14H,4-8,11-12H2,1H3. The summed E-state index contributed by atoms with van der Waals surface area (Å²) in [6, 6.07) is 8.99. The average Bonchev–Trinajstić information content (AvgIpc) is 2.37. The van der Waals surface area contributed by atoms with Crippen LogP contribution in [0.2, 0.25) is 0 Å². The van der Waals surface area contributed by atoms with Crippen molar-refractivity contribution in [1.29, 1.82) is 0 Å². The van der Waals surface area contributed by atoms with Gasteiger partial charge < -0.3 is 9.64 Å². The molecule has 2 nitrogen and oxygen atoms in total. The Bertz CT molecular complexity index is 400. The second-order valence-corrected chi connectivity index (χ2v) is 5.63. The molecule has 0 radical (unpaired) electrons. The van der Waals surface area contributed by atoms with Crippen molar-refractivity contribution in [2.24, 2.45) is 0 Å². The Hall–Kier alpha value is -1.02. The van der Waals surface area contributed by atoms with Crippen LogP contribution in [-0.4, -0.2) is 26.3 Å². The normalized spacial score (nSPS) is 24.9. The predicted molar refractivity (Wildman–Crippen MR) is 75.3 cm³/mol. The van der Waals surface area contributed by atoms with E-state index in [1.54, 1.807) is 5.56 Å². The van der Waals surface area contributed by atoms with Gasteiger partial charge in [-0.1, -0.05) is 24.6 Å². The summed E-state index contributed by atoms with van der Waals surface area (Å²) < 4.78 is 5.54. The molecule has 1 heterocycles. The first-order chi connectivity index (χ1) is 8.88. The molecule has 0 bridgehead atoms. The summed E-state index contributed by atoms with van der Waals surface area (Å²) in [5.41, 5.74) is 3.03. The fourth-order valence-electron chi connectivity index (χ4n) is 3.19. The highest BCUT2D eigenvalue weighted by Crippen LogP contribution is 2.41. The fraction of sp³-hybridized carbons (Fsp3) is 0.625. The maximum absolute atomic E-state index is 5.54. The highest BCUT2D eigenvalue weighted by Gasteiger charge is 2.26. The molecule has 1 aliphatic carbocycles. The van der Waals surface area contributed by atoms with Crippen LogP contribution in [0.5, 0.6) is 0 Å². The maximum Gasteiger partial charge on any atom is 0.0746 e. The number of benzene rings is 1. The Morgan fingerprint density at radius 2 is 1.94 bits per heavy atom. The molecule has 0 N–H and O–H groups in total. The molecule has 1 atom stereocenters. The van der Waals surface area contributed by atoms with Crippen LogP contribution in [-0.2, 0) is 4.74 Å². The first-order valence-corrected chi connectivity index (χ1v) is 7.25. The minimum atomic E-state index is 0.410. The summed E-state index contributed by atoms with van der Waals surface area (Å²) in [6.07, 6.45) is 7.01. The van der Waals surface area contributed by atoms with Crippen molar-refractivity contribution in [1.82, 2.24) is 0 Å². The predicted octanol–water partition coefficient (Wildman–Crippen LogP) is 3.57. The van der Waals surface area contributed by atoms with Crippen LogP contribution in [0.3, 0.4) is 0 Å². The zero-order chi connectivity index (χ0) is 12.4. The third kappa shape index (κ3) is 2.26. The van der Waals surface area contributed by atoms with Crippen LogP contribution >= 0.6 is 0 Å². The summed E-state index contributed by atoms with van der Waals surface area (Å²) in [6.45, 7) is 2.24. The topological polar surface area (TPSA) is 12.5 Å². The lowest BCUT2D eigenvalue weighted by Crippen LogP contribution is -2.40. The van der Waals surface area contributed by atoms with E-state index >= 15 is 0 Å². The van der Waals surface area contributed by atoms with E-state index in [0.717, 1.165) is 12.5 Å². The molecular formula is C16H23NO. The SMILES string of the molecule is COC1CCCN(c2ccccc2C2CCC2)C1. The number of anilines is 1.